The summed E-state index contributed by atoms with van der Waals surface area (Å²) in [6.07, 6.45) is -1.16. The lowest BCUT2D eigenvalue weighted by Gasteiger charge is -2.15. The number of nitrogens with zero attached hydrogens (tertiary/aromatic N) is 3. The number of hydrogen-bond acceptors (Lipinski definition) is 7. The van der Waals surface area contributed by atoms with Crippen LogP contribution in [0.15, 0.2) is 39.9 Å². The van der Waals surface area contributed by atoms with Gasteiger partial charge in [0.15, 0.2) is 11.2 Å². The van der Waals surface area contributed by atoms with Crippen LogP contribution in [0.3, 0.4) is 0 Å². The zero-order valence-electron chi connectivity index (χ0n) is 15.7. The van der Waals surface area contributed by atoms with Crippen molar-refractivity contribution in [2.75, 3.05) is 18.5 Å². The monoisotopic (exact) mass is 403 g/mol. The van der Waals surface area contributed by atoms with Gasteiger partial charge in [-0.3, -0.25) is 19.1 Å². The molecule has 29 heavy (non-hydrogen) atoms. The molecule has 0 saturated heterocycles. The van der Waals surface area contributed by atoms with E-state index >= 15 is 0 Å². The Morgan fingerprint density at radius 2 is 2.03 bits per heavy atom. The average molecular weight is 403 g/mol. The quantitative estimate of drug-likeness (QED) is 0.382. The van der Waals surface area contributed by atoms with Gasteiger partial charge in [0.2, 0.25) is 5.95 Å². The highest BCUT2D eigenvalue weighted by Gasteiger charge is 2.20. The molecule has 0 bridgehead atoms. The number of rotatable bonds is 9. The molecule has 0 aliphatic heterocycles. The number of aliphatic hydroxyl groups is 1. The van der Waals surface area contributed by atoms with Gasteiger partial charge in [0.1, 0.15) is 18.5 Å². The van der Waals surface area contributed by atoms with Crippen molar-refractivity contribution in [1.29, 1.82) is 0 Å². The topological polar surface area (TPSA) is 151 Å². The van der Waals surface area contributed by atoms with Crippen LogP contribution in [0.4, 0.5) is 5.95 Å². The second-order valence-corrected chi connectivity index (χ2v) is 6.38. The first kappa shape index (κ1) is 20.1. The smallest absolute Gasteiger partial charge is 0.329 e. The predicted octanol–water partition coefficient (Wildman–Crippen LogP) is -0.250. The van der Waals surface area contributed by atoms with Gasteiger partial charge in [0.25, 0.3) is 5.56 Å². The van der Waals surface area contributed by atoms with Gasteiger partial charge < -0.3 is 24.8 Å². The lowest BCUT2D eigenvalue weighted by atomic mass is 10.3. The lowest BCUT2D eigenvalue weighted by molar-refractivity contribution is -0.136. The molecular weight excluding hydrogens is 382 g/mol. The summed E-state index contributed by atoms with van der Waals surface area (Å²) >= 11 is 0. The molecule has 0 aliphatic rings. The molecule has 0 radical (unpaired) electrons. The number of carboxylic acids is 1. The highest BCUT2D eigenvalue weighted by molar-refractivity contribution is 5.74. The summed E-state index contributed by atoms with van der Waals surface area (Å²) in [5.74, 6) is -0.240. The second-order valence-electron chi connectivity index (χ2n) is 6.38. The minimum absolute atomic E-state index is 0.0398. The molecule has 154 valence electrons. The minimum atomic E-state index is -0.998. The molecular formula is C18H21N5O6. The zero-order valence-corrected chi connectivity index (χ0v) is 15.7. The van der Waals surface area contributed by atoms with E-state index < -0.39 is 23.3 Å². The lowest BCUT2D eigenvalue weighted by Crippen LogP contribution is -2.31. The van der Waals surface area contributed by atoms with Gasteiger partial charge in [0.05, 0.1) is 13.0 Å². The fourth-order valence-electron chi connectivity index (χ4n) is 2.80. The number of imidazole rings is 1. The first-order chi connectivity index (χ1) is 13.9. The number of anilines is 1. The summed E-state index contributed by atoms with van der Waals surface area (Å²) in [5, 5.41) is 22.1. The van der Waals surface area contributed by atoms with Crippen LogP contribution in [0.5, 0.6) is 5.75 Å². The van der Waals surface area contributed by atoms with Crippen molar-refractivity contribution in [1.82, 2.24) is 19.1 Å². The normalized spacial score (nSPS) is 12.1. The van der Waals surface area contributed by atoms with E-state index in [9.17, 15) is 19.5 Å². The molecule has 4 N–H and O–H groups in total. The summed E-state index contributed by atoms with van der Waals surface area (Å²) < 4.78 is 8.11. The van der Waals surface area contributed by atoms with E-state index in [1.165, 1.54) is 16.2 Å². The Morgan fingerprint density at radius 1 is 1.31 bits per heavy atom. The number of carboxylic acid groups (broad SMARTS) is 1. The first-order valence-electron chi connectivity index (χ1n) is 8.88. The van der Waals surface area contributed by atoms with Crippen molar-refractivity contribution < 1.29 is 19.7 Å². The van der Waals surface area contributed by atoms with E-state index in [4.69, 9.17) is 9.84 Å². The van der Waals surface area contributed by atoms with Crippen molar-refractivity contribution >= 4 is 23.1 Å². The number of aliphatic carboxylic acids is 1. The number of para-hydroxylation sites is 1. The van der Waals surface area contributed by atoms with Gasteiger partial charge in [-0.05, 0) is 12.1 Å². The summed E-state index contributed by atoms with van der Waals surface area (Å²) in [6, 6.07) is 8.94. The average Bonchev–Trinajstić information content (AvgIpc) is 3.04. The van der Waals surface area contributed by atoms with E-state index in [0.717, 1.165) is 0 Å². The number of aryl methyl sites for hydroxylation is 1. The highest BCUT2D eigenvalue weighted by Crippen LogP contribution is 2.17. The van der Waals surface area contributed by atoms with Gasteiger partial charge in [-0.25, -0.2) is 4.79 Å². The Kier molecular flexibility index (Phi) is 5.98. The maximum Gasteiger partial charge on any atom is 0.329 e. The van der Waals surface area contributed by atoms with Crippen LogP contribution in [0.1, 0.15) is 6.42 Å². The molecule has 1 atom stereocenters. The van der Waals surface area contributed by atoms with Crippen LogP contribution in [0.25, 0.3) is 11.2 Å². The molecule has 3 aromatic rings. The number of ether oxygens (including phenoxy) is 1. The molecule has 0 amide bonds. The molecule has 1 aromatic carbocycles. The van der Waals surface area contributed by atoms with Crippen LogP contribution < -0.4 is 21.3 Å². The second kappa shape index (κ2) is 8.61. The number of aromatic nitrogens is 4. The van der Waals surface area contributed by atoms with Crippen molar-refractivity contribution in [3.05, 3.63) is 51.2 Å². The predicted molar refractivity (Wildman–Crippen MR) is 104 cm³/mol. The third-order valence-corrected chi connectivity index (χ3v) is 4.21. The number of H-pyrrole nitrogens is 1. The Balaban J connectivity index is 1.88. The number of benzene rings is 1. The molecule has 0 saturated carbocycles. The Labute approximate surface area is 164 Å². The number of nitrogens with one attached hydrogen (secondary N) is 2. The van der Waals surface area contributed by atoms with Gasteiger partial charge in [-0.2, -0.15) is 4.98 Å². The third-order valence-electron chi connectivity index (χ3n) is 4.21. The van der Waals surface area contributed by atoms with Crippen LogP contribution in [-0.4, -0.2) is 54.5 Å². The van der Waals surface area contributed by atoms with Crippen LogP contribution in [-0.2, 0) is 18.4 Å². The number of carbonyl (C=O) groups is 1. The number of aliphatic hydroxyl groups excluding tert-OH is 1. The van der Waals surface area contributed by atoms with Crippen molar-refractivity contribution in [2.45, 2.75) is 19.1 Å². The Morgan fingerprint density at radius 3 is 2.72 bits per heavy atom. The van der Waals surface area contributed by atoms with E-state index in [-0.39, 0.29) is 43.2 Å². The summed E-state index contributed by atoms with van der Waals surface area (Å²) in [7, 11) is 1.45. The molecule has 0 spiro atoms. The molecule has 11 nitrogen and oxygen atoms in total. The molecule has 11 heteroatoms. The van der Waals surface area contributed by atoms with Crippen molar-refractivity contribution in [3.8, 4) is 5.75 Å². The molecule has 0 aliphatic carbocycles. The van der Waals surface area contributed by atoms with Crippen LogP contribution >= 0.6 is 0 Å². The highest BCUT2D eigenvalue weighted by atomic mass is 16.5. The molecule has 2 aromatic heterocycles. The number of fused-ring (bicyclic) bond motifs is 1. The zero-order chi connectivity index (χ0) is 21.0. The largest absolute Gasteiger partial charge is 0.491 e. The summed E-state index contributed by atoms with van der Waals surface area (Å²) in [5.41, 5.74) is -1.08. The van der Waals surface area contributed by atoms with E-state index in [1.54, 1.807) is 24.3 Å². The molecule has 2 heterocycles. The van der Waals surface area contributed by atoms with Gasteiger partial charge in [0, 0.05) is 13.6 Å². The van der Waals surface area contributed by atoms with E-state index in [0.29, 0.717) is 5.75 Å². The summed E-state index contributed by atoms with van der Waals surface area (Å²) in [6.45, 7) is -0.0386. The molecule has 0 fully saturated rings. The minimum Gasteiger partial charge on any atom is -0.491 e. The van der Waals surface area contributed by atoms with E-state index in [2.05, 4.69) is 15.3 Å². The Hall–Kier alpha value is -3.60. The van der Waals surface area contributed by atoms with Crippen molar-refractivity contribution in [3.63, 3.8) is 0 Å². The fraction of sp³-hybridized carbons (Fsp3) is 0.333. The van der Waals surface area contributed by atoms with Crippen LogP contribution in [0.2, 0.25) is 0 Å². The SMILES string of the molecule is Cn1c(=O)[nH]c(=O)c2c1nc(NCCC(=O)O)n2C[C@@H](O)COc1ccccc1. The fourth-order valence-corrected chi connectivity index (χ4v) is 2.80. The third kappa shape index (κ3) is 4.63. The molecule has 0 unspecified atom stereocenters. The van der Waals surface area contributed by atoms with Gasteiger partial charge in [-0.1, -0.05) is 18.2 Å². The van der Waals surface area contributed by atoms with Gasteiger partial charge >= 0.3 is 11.7 Å². The maximum atomic E-state index is 12.4. The molecule has 3 rings (SSSR count). The summed E-state index contributed by atoms with van der Waals surface area (Å²) in [4.78, 5) is 41.4. The number of aromatic amines is 1. The van der Waals surface area contributed by atoms with Gasteiger partial charge in [-0.15, -0.1) is 0 Å². The van der Waals surface area contributed by atoms with E-state index in [1.807, 2.05) is 6.07 Å². The van der Waals surface area contributed by atoms with Crippen LogP contribution in [0, 0.1) is 0 Å². The first-order valence-corrected chi connectivity index (χ1v) is 8.88. The van der Waals surface area contributed by atoms with Crippen molar-refractivity contribution in [2.24, 2.45) is 7.05 Å². The Bertz CT molecular complexity index is 1120. The maximum absolute atomic E-state index is 12.4. The number of hydrogen-bond donors (Lipinski definition) is 4. The standard InChI is InChI=1S/C18H21N5O6/c1-22-15-14(16(27)21-18(22)28)23(17(20-15)19-8-7-13(25)26)9-11(24)10-29-12-5-3-2-4-6-12/h2-6,11,24H,7-10H2,1H3,(H,19,20)(H,25,26)(H,21,27,28)/t11-/m1/s1.